The monoisotopic (exact) mass is 534 g/mol. The molecule has 0 heterocycles. The molecule has 0 aromatic heterocycles. The maximum atomic E-state index is 12.4. The number of ketones is 1. The van der Waals surface area contributed by atoms with Crippen LogP contribution in [0.25, 0.3) is 0 Å². The van der Waals surface area contributed by atoms with Gasteiger partial charge in [-0.05, 0) is 106 Å². The minimum Gasteiger partial charge on any atom is -0.480 e. The van der Waals surface area contributed by atoms with Crippen molar-refractivity contribution in [1.82, 2.24) is 5.32 Å². The second kappa shape index (κ2) is 10.7. The summed E-state index contributed by atoms with van der Waals surface area (Å²) in [6.45, 7) is 5.76. The average Bonchev–Trinajstić information content (AvgIpc) is 3.13. The summed E-state index contributed by atoms with van der Waals surface area (Å²) in [5.74, 6) is 0.450. The lowest BCUT2D eigenvalue weighted by Crippen LogP contribution is -2.57. The van der Waals surface area contributed by atoms with Crippen LogP contribution in [0.1, 0.15) is 78.6 Å². The summed E-state index contributed by atoms with van der Waals surface area (Å²) in [4.78, 5) is 41.3. The molecule has 0 aromatic rings. The summed E-state index contributed by atoms with van der Waals surface area (Å²) in [7, 11) is 0. The number of allylic oxidation sites excluding steroid dienone is 2. The molecule has 3 N–H and O–H groups in total. The molecule has 9 heteroatoms. The first kappa shape index (κ1) is 28.1. The average molecular weight is 535 g/mol. The van der Waals surface area contributed by atoms with Crippen molar-refractivity contribution in [3.05, 3.63) is 11.6 Å². The van der Waals surface area contributed by atoms with E-state index in [-0.39, 0.29) is 23.2 Å². The van der Waals surface area contributed by atoms with Crippen molar-refractivity contribution in [2.24, 2.45) is 33.7 Å². The SMILES string of the molecule is CSCCC(NC(=O)CON=C1C=C2CCC3C(CCC4(C)C3CCC4(O)C(C)=O)C2(C)CC1)C(=O)O. The Morgan fingerprint density at radius 2 is 1.89 bits per heavy atom. The Balaban J connectivity index is 1.39. The Hall–Kier alpha value is -1.87. The highest BCUT2D eigenvalue weighted by Crippen LogP contribution is 2.67. The van der Waals surface area contributed by atoms with Gasteiger partial charge in [0.2, 0.25) is 0 Å². The molecule has 3 fully saturated rings. The molecule has 7 atom stereocenters. The minimum absolute atomic E-state index is 0.0730. The van der Waals surface area contributed by atoms with Crippen molar-refractivity contribution in [3.63, 3.8) is 0 Å². The van der Waals surface area contributed by atoms with Crippen molar-refractivity contribution in [2.45, 2.75) is 90.2 Å². The van der Waals surface area contributed by atoms with Gasteiger partial charge < -0.3 is 20.4 Å². The van der Waals surface area contributed by atoms with Crippen LogP contribution < -0.4 is 5.32 Å². The topological polar surface area (TPSA) is 125 Å². The summed E-state index contributed by atoms with van der Waals surface area (Å²) >= 11 is 1.53. The van der Waals surface area contributed by atoms with Crippen molar-refractivity contribution >= 4 is 35.1 Å². The van der Waals surface area contributed by atoms with Crippen LogP contribution in [0.4, 0.5) is 0 Å². The standard InChI is InChI=1S/C28H42N2O6S/c1-17(31)28(35)13-9-22-20-6-5-18-15-19(7-11-26(18,2)21(20)8-12-27(22,28)3)30-36-16-24(32)29-23(25(33)34)10-14-37-4/h15,20-23,35H,5-14,16H2,1-4H3,(H,29,32)(H,33,34). The van der Waals surface area contributed by atoms with E-state index in [0.717, 1.165) is 50.7 Å². The van der Waals surface area contributed by atoms with Gasteiger partial charge in [-0.1, -0.05) is 24.6 Å². The molecule has 0 saturated heterocycles. The Kier molecular flexibility index (Phi) is 8.15. The van der Waals surface area contributed by atoms with Crippen LogP contribution in [-0.4, -0.2) is 63.8 Å². The van der Waals surface area contributed by atoms with Crippen LogP contribution in [-0.2, 0) is 19.2 Å². The Bertz CT molecular complexity index is 997. The third kappa shape index (κ3) is 4.98. The normalized spacial score (nSPS) is 38.6. The van der Waals surface area contributed by atoms with Gasteiger partial charge in [-0.15, -0.1) is 0 Å². The van der Waals surface area contributed by atoms with E-state index in [4.69, 9.17) is 4.84 Å². The number of oxime groups is 1. The third-order valence-corrected chi connectivity index (χ3v) is 11.0. The Morgan fingerprint density at radius 3 is 2.57 bits per heavy atom. The molecule has 4 aliphatic rings. The van der Waals surface area contributed by atoms with Crippen molar-refractivity contribution in [2.75, 3.05) is 18.6 Å². The van der Waals surface area contributed by atoms with E-state index in [2.05, 4.69) is 30.4 Å². The first-order valence-corrected chi connectivity index (χ1v) is 15.0. The number of carbonyl (C=O) groups excluding carboxylic acids is 2. The molecule has 0 aliphatic heterocycles. The van der Waals surface area contributed by atoms with Gasteiger partial charge in [-0.2, -0.15) is 11.8 Å². The molecule has 8 nitrogen and oxygen atoms in total. The number of aliphatic hydroxyl groups is 1. The fourth-order valence-corrected chi connectivity index (χ4v) is 8.61. The van der Waals surface area contributed by atoms with Gasteiger partial charge in [0, 0.05) is 5.41 Å². The molecule has 0 aromatic carbocycles. The van der Waals surface area contributed by atoms with Gasteiger partial charge in [0.05, 0.1) is 5.71 Å². The van der Waals surface area contributed by atoms with E-state index in [1.54, 1.807) is 6.92 Å². The zero-order chi connectivity index (χ0) is 27.0. The van der Waals surface area contributed by atoms with E-state index >= 15 is 0 Å². The number of carbonyl (C=O) groups is 3. The highest BCUT2D eigenvalue weighted by atomic mass is 32.2. The number of aliphatic carboxylic acids is 1. The third-order valence-electron chi connectivity index (χ3n) is 10.3. The number of carboxylic acids is 1. The summed E-state index contributed by atoms with van der Waals surface area (Å²) in [6.07, 6.45) is 11.6. The number of nitrogens with one attached hydrogen (secondary N) is 1. The fourth-order valence-electron chi connectivity index (χ4n) is 8.14. The first-order valence-electron chi connectivity index (χ1n) is 13.6. The number of amides is 1. The van der Waals surface area contributed by atoms with Crippen LogP contribution in [0.5, 0.6) is 0 Å². The van der Waals surface area contributed by atoms with E-state index in [9.17, 15) is 24.6 Å². The highest BCUT2D eigenvalue weighted by molar-refractivity contribution is 7.98. The summed E-state index contributed by atoms with van der Waals surface area (Å²) < 4.78 is 0. The van der Waals surface area contributed by atoms with Gasteiger partial charge >= 0.3 is 5.97 Å². The van der Waals surface area contributed by atoms with Crippen LogP contribution >= 0.6 is 11.8 Å². The second-order valence-corrected chi connectivity index (χ2v) is 13.0. The lowest BCUT2D eigenvalue weighted by atomic mass is 9.46. The lowest BCUT2D eigenvalue weighted by Gasteiger charge is -2.59. The number of fused-ring (bicyclic) bond motifs is 5. The molecule has 4 rings (SSSR count). The molecule has 0 spiro atoms. The van der Waals surface area contributed by atoms with Gasteiger partial charge in [0.25, 0.3) is 5.91 Å². The smallest absolute Gasteiger partial charge is 0.326 e. The number of Topliss-reactive ketones (excluding diaryl/α,β-unsaturated/α-hetero) is 1. The molecular formula is C28H42N2O6S. The molecule has 3 saturated carbocycles. The molecule has 37 heavy (non-hydrogen) atoms. The zero-order valence-electron chi connectivity index (χ0n) is 22.5. The first-order chi connectivity index (χ1) is 17.5. The molecule has 0 bridgehead atoms. The largest absolute Gasteiger partial charge is 0.480 e. The number of hydrogen-bond donors (Lipinski definition) is 3. The molecular weight excluding hydrogens is 492 g/mol. The minimum atomic E-state index is -1.19. The van der Waals surface area contributed by atoms with Crippen LogP contribution in [0.15, 0.2) is 16.8 Å². The fraction of sp³-hybridized carbons (Fsp3) is 0.786. The summed E-state index contributed by atoms with van der Waals surface area (Å²) in [6, 6.07) is -0.924. The predicted molar refractivity (Wildman–Crippen MR) is 143 cm³/mol. The molecule has 7 unspecified atom stereocenters. The Morgan fingerprint density at radius 1 is 1.16 bits per heavy atom. The lowest BCUT2D eigenvalue weighted by molar-refractivity contribution is -0.159. The van der Waals surface area contributed by atoms with Gasteiger partial charge in [-0.25, -0.2) is 4.79 Å². The predicted octanol–water partition coefficient (Wildman–Crippen LogP) is 3.96. The van der Waals surface area contributed by atoms with Crippen LogP contribution in [0, 0.1) is 28.6 Å². The number of carboxylic acid groups (broad SMARTS) is 1. The molecule has 1 amide bonds. The van der Waals surface area contributed by atoms with Gasteiger partial charge in [0.15, 0.2) is 12.4 Å². The van der Waals surface area contributed by atoms with Crippen LogP contribution in [0.2, 0.25) is 0 Å². The maximum absolute atomic E-state index is 12.4. The summed E-state index contributed by atoms with van der Waals surface area (Å²) in [5.41, 5.74) is 0.766. The summed E-state index contributed by atoms with van der Waals surface area (Å²) in [5, 5.41) is 27.3. The highest BCUT2D eigenvalue weighted by Gasteiger charge is 2.65. The number of hydrogen-bond acceptors (Lipinski definition) is 7. The van der Waals surface area contributed by atoms with E-state index in [1.165, 1.54) is 17.3 Å². The van der Waals surface area contributed by atoms with Gasteiger partial charge in [0.1, 0.15) is 11.6 Å². The van der Waals surface area contributed by atoms with E-state index in [1.807, 2.05) is 6.26 Å². The van der Waals surface area contributed by atoms with Crippen LogP contribution in [0.3, 0.4) is 0 Å². The Labute approximate surface area is 224 Å². The maximum Gasteiger partial charge on any atom is 0.326 e. The molecule has 4 aliphatic carbocycles. The second-order valence-electron chi connectivity index (χ2n) is 12.0. The van der Waals surface area contributed by atoms with Crippen molar-refractivity contribution in [1.29, 1.82) is 0 Å². The molecule has 0 radical (unpaired) electrons. The van der Waals surface area contributed by atoms with Crippen molar-refractivity contribution < 1.29 is 29.4 Å². The van der Waals surface area contributed by atoms with E-state index in [0.29, 0.717) is 36.3 Å². The van der Waals surface area contributed by atoms with E-state index < -0.39 is 23.5 Å². The number of thioether (sulfide) groups is 1. The zero-order valence-corrected chi connectivity index (χ0v) is 23.4. The van der Waals surface area contributed by atoms with Gasteiger partial charge in [-0.3, -0.25) is 9.59 Å². The molecule has 206 valence electrons. The van der Waals surface area contributed by atoms with Crippen molar-refractivity contribution in [3.8, 4) is 0 Å². The number of rotatable bonds is 9. The quantitative estimate of drug-likeness (QED) is 0.382. The number of nitrogens with zero attached hydrogens (tertiary/aromatic N) is 1.